The van der Waals surface area contributed by atoms with Gasteiger partial charge in [-0.1, -0.05) is 6.92 Å². The number of ether oxygens (including phenoxy) is 1. The van der Waals surface area contributed by atoms with Gasteiger partial charge < -0.3 is 9.84 Å². The summed E-state index contributed by atoms with van der Waals surface area (Å²) in [6.07, 6.45) is 0.0975. The van der Waals surface area contributed by atoms with Gasteiger partial charge in [-0.25, -0.2) is 0 Å². The van der Waals surface area contributed by atoms with Crippen LogP contribution in [0.15, 0.2) is 0 Å². The van der Waals surface area contributed by atoms with E-state index in [0.717, 1.165) is 4.90 Å². The van der Waals surface area contributed by atoms with Crippen molar-refractivity contribution in [3.63, 3.8) is 0 Å². The van der Waals surface area contributed by atoms with Crippen LogP contribution in [-0.4, -0.2) is 40.8 Å². The summed E-state index contributed by atoms with van der Waals surface area (Å²) >= 11 is 0. The Kier molecular flexibility index (Phi) is 2.28. The number of nitrogens with zero attached hydrogens (tertiary/aromatic N) is 1. The van der Waals surface area contributed by atoms with Crippen LogP contribution in [0, 0.1) is 5.92 Å². The maximum absolute atomic E-state index is 11.6. The Labute approximate surface area is 81.6 Å². The topological polar surface area (TPSA) is 70.1 Å². The van der Waals surface area contributed by atoms with Gasteiger partial charge in [0, 0.05) is 12.3 Å². The molecule has 3 atom stereocenters. The van der Waals surface area contributed by atoms with Gasteiger partial charge in [0.2, 0.25) is 11.8 Å². The van der Waals surface area contributed by atoms with Crippen molar-refractivity contribution in [2.45, 2.75) is 32.1 Å². The highest BCUT2D eigenvalue weighted by molar-refractivity contribution is 6.03. The predicted molar refractivity (Wildman–Crippen MR) is 46.0 cm³/mol. The first-order chi connectivity index (χ1) is 6.69. The van der Waals surface area contributed by atoms with Crippen molar-refractivity contribution < 1.29 is 19.4 Å². The summed E-state index contributed by atoms with van der Waals surface area (Å²) in [5, 5.41) is 8.76. The number of hydrogen-bond donors (Lipinski definition) is 1. The molecule has 0 aliphatic carbocycles. The van der Waals surface area contributed by atoms with Crippen molar-refractivity contribution in [1.29, 1.82) is 0 Å². The third-order valence-electron chi connectivity index (χ3n) is 2.76. The normalized spacial score (nSPS) is 36.7. The summed E-state index contributed by atoms with van der Waals surface area (Å²) in [6.45, 7) is 1.75. The summed E-state index contributed by atoms with van der Waals surface area (Å²) in [7, 11) is 0. The molecule has 0 radical (unpaired) electrons. The summed E-state index contributed by atoms with van der Waals surface area (Å²) in [5.74, 6) is -0.521. The third-order valence-corrected chi connectivity index (χ3v) is 2.76. The van der Waals surface area contributed by atoms with Crippen LogP contribution in [0.3, 0.4) is 0 Å². The van der Waals surface area contributed by atoms with Gasteiger partial charge >= 0.3 is 0 Å². The van der Waals surface area contributed by atoms with Crippen LogP contribution in [0.25, 0.3) is 0 Å². The molecule has 2 amide bonds. The minimum atomic E-state index is -0.503. The van der Waals surface area contributed by atoms with Gasteiger partial charge in [-0.15, -0.1) is 0 Å². The van der Waals surface area contributed by atoms with E-state index in [9.17, 15) is 9.59 Å². The lowest BCUT2D eigenvalue weighted by atomic mass is 10.1. The minimum absolute atomic E-state index is 0.140. The van der Waals surface area contributed by atoms with E-state index in [1.165, 1.54) is 0 Å². The van der Waals surface area contributed by atoms with E-state index in [1.54, 1.807) is 0 Å². The molecule has 2 rings (SSSR count). The van der Waals surface area contributed by atoms with Gasteiger partial charge in [0.05, 0.1) is 6.61 Å². The third kappa shape index (κ3) is 1.33. The van der Waals surface area contributed by atoms with E-state index in [0.29, 0.717) is 6.42 Å². The number of hydrogen-bond acceptors (Lipinski definition) is 4. The number of likely N-dealkylation sites (tertiary alicyclic amines) is 1. The number of rotatable bonds is 3. The lowest BCUT2D eigenvalue weighted by Crippen LogP contribution is -2.35. The molecule has 2 heterocycles. The highest BCUT2D eigenvalue weighted by Gasteiger charge is 2.52. The quantitative estimate of drug-likeness (QED) is 0.491. The summed E-state index contributed by atoms with van der Waals surface area (Å²) < 4.78 is 5.02. The van der Waals surface area contributed by atoms with Crippen molar-refractivity contribution in [3.05, 3.63) is 0 Å². The molecule has 0 aromatic carbocycles. The van der Waals surface area contributed by atoms with Gasteiger partial charge in [-0.3, -0.25) is 14.5 Å². The van der Waals surface area contributed by atoms with Crippen molar-refractivity contribution in [2.24, 2.45) is 5.92 Å². The SMILES string of the molecule is CCC1CC(=O)N(C2OC2CO)C1=O. The van der Waals surface area contributed by atoms with Crippen molar-refractivity contribution >= 4 is 11.8 Å². The Bertz CT molecular complexity index is 278. The largest absolute Gasteiger partial charge is 0.393 e. The first kappa shape index (κ1) is 9.61. The molecule has 2 fully saturated rings. The molecule has 5 heteroatoms. The minimum Gasteiger partial charge on any atom is -0.393 e. The molecule has 0 bridgehead atoms. The number of imide groups is 1. The number of carbonyl (C=O) groups is 2. The Morgan fingerprint density at radius 1 is 1.57 bits per heavy atom. The molecule has 2 aliphatic rings. The second-order valence-corrected chi connectivity index (χ2v) is 3.66. The monoisotopic (exact) mass is 199 g/mol. The number of amides is 2. The summed E-state index contributed by atoms with van der Waals surface area (Å²) in [5.41, 5.74) is 0. The van der Waals surface area contributed by atoms with Crippen LogP contribution in [0.5, 0.6) is 0 Å². The van der Waals surface area contributed by atoms with Crippen LogP contribution in [0.2, 0.25) is 0 Å². The molecule has 0 spiro atoms. The van der Waals surface area contributed by atoms with E-state index in [1.807, 2.05) is 6.92 Å². The molecule has 3 unspecified atom stereocenters. The molecular weight excluding hydrogens is 186 g/mol. The molecule has 0 aromatic heterocycles. The number of epoxide rings is 1. The maximum atomic E-state index is 11.6. The number of carbonyl (C=O) groups excluding carboxylic acids is 2. The van der Waals surface area contributed by atoms with Gasteiger partial charge in [-0.05, 0) is 6.42 Å². The zero-order chi connectivity index (χ0) is 10.3. The smallest absolute Gasteiger partial charge is 0.235 e. The summed E-state index contributed by atoms with van der Waals surface area (Å²) in [4.78, 5) is 24.2. The molecule has 2 saturated heterocycles. The van der Waals surface area contributed by atoms with Crippen LogP contribution in [0.1, 0.15) is 19.8 Å². The first-order valence-corrected chi connectivity index (χ1v) is 4.81. The van der Waals surface area contributed by atoms with Gasteiger partial charge in [0.15, 0.2) is 6.23 Å². The Morgan fingerprint density at radius 2 is 2.29 bits per heavy atom. The van der Waals surface area contributed by atoms with Crippen molar-refractivity contribution in [1.82, 2.24) is 4.90 Å². The van der Waals surface area contributed by atoms with Crippen LogP contribution in [0.4, 0.5) is 0 Å². The molecule has 0 saturated carbocycles. The van der Waals surface area contributed by atoms with Crippen molar-refractivity contribution in [3.8, 4) is 0 Å². The van der Waals surface area contributed by atoms with Gasteiger partial charge in [0.1, 0.15) is 6.10 Å². The van der Waals surface area contributed by atoms with E-state index in [-0.39, 0.29) is 36.9 Å². The average molecular weight is 199 g/mol. The van der Waals surface area contributed by atoms with E-state index in [4.69, 9.17) is 9.84 Å². The van der Waals surface area contributed by atoms with Crippen molar-refractivity contribution in [2.75, 3.05) is 6.61 Å². The highest BCUT2D eigenvalue weighted by atomic mass is 16.6. The summed E-state index contributed by atoms with van der Waals surface area (Å²) in [6, 6.07) is 0. The van der Waals surface area contributed by atoms with E-state index < -0.39 is 6.23 Å². The molecule has 78 valence electrons. The Morgan fingerprint density at radius 3 is 2.71 bits per heavy atom. The predicted octanol–water partition coefficient (Wildman–Crippen LogP) is -0.511. The number of aliphatic hydroxyl groups is 1. The maximum Gasteiger partial charge on any atom is 0.235 e. The highest BCUT2D eigenvalue weighted by Crippen LogP contribution is 2.33. The fraction of sp³-hybridized carbons (Fsp3) is 0.778. The lowest BCUT2D eigenvalue weighted by Gasteiger charge is -2.10. The second-order valence-electron chi connectivity index (χ2n) is 3.66. The fourth-order valence-electron chi connectivity index (χ4n) is 1.80. The van der Waals surface area contributed by atoms with E-state index >= 15 is 0 Å². The molecule has 5 nitrogen and oxygen atoms in total. The molecular formula is C9H13NO4. The molecule has 2 aliphatic heterocycles. The second kappa shape index (κ2) is 3.33. The van der Waals surface area contributed by atoms with Crippen LogP contribution >= 0.6 is 0 Å². The Balaban J connectivity index is 2.06. The number of aliphatic hydroxyl groups excluding tert-OH is 1. The Hall–Kier alpha value is -0.940. The molecule has 0 aromatic rings. The van der Waals surface area contributed by atoms with Crippen LogP contribution < -0.4 is 0 Å². The standard InChI is InChI=1S/C9H13NO4/c1-2-5-3-7(12)10(8(5)13)9-6(4-11)14-9/h5-6,9,11H,2-4H2,1H3. The molecule has 1 N–H and O–H groups in total. The average Bonchev–Trinajstić information content (AvgIpc) is 2.88. The molecule has 14 heavy (non-hydrogen) atoms. The zero-order valence-electron chi connectivity index (χ0n) is 7.97. The van der Waals surface area contributed by atoms with Gasteiger partial charge in [0.25, 0.3) is 0 Å². The van der Waals surface area contributed by atoms with Crippen LogP contribution in [-0.2, 0) is 14.3 Å². The van der Waals surface area contributed by atoms with E-state index in [2.05, 4.69) is 0 Å². The first-order valence-electron chi connectivity index (χ1n) is 4.81. The zero-order valence-corrected chi connectivity index (χ0v) is 7.97. The van der Waals surface area contributed by atoms with Gasteiger partial charge in [-0.2, -0.15) is 0 Å². The lowest BCUT2D eigenvalue weighted by molar-refractivity contribution is -0.141. The fourth-order valence-corrected chi connectivity index (χ4v) is 1.80.